The quantitative estimate of drug-likeness (QED) is 0.0767. The topological polar surface area (TPSA) is 235 Å². The first-order valence-corrected chi connectivity index (χ1v) is 24.7. The van der Waals surface area contributed by atoms with Crippen LogP contribution in [0.4, 0.5) is 38.8 Å². The van der Waals surface area contributed by atoms with E-state index in [2.05, 4.69) is 67.3 Å². The van der Waals surface area contributed by atoms with Crippen molar-refractivity contribution in [3.8, 4) is 33.9 Å². The zero-order valence-corrected chi connectivity index (χ0v) is 44.4. The molecule has 0 bridgehead atoms. The number of carbonyl (C=O) groups excluding carboxylic acids is 2. The number of carboxylic acid groups (broad SMARTS) is 1. The Morgan fingerprint density at radius 1 is 0.692 bits per heavy atom. The molecule has 0 fully saturated rings. The minimum Gasteiger partial charge on any atom is -0.478 e. The van der Waals surface area contributed by atoms with E-state index in [9.17, 15) is 29.1 Å². The number of para-hydroxylation sites is 1. The molecule has 3 heterocycles. The molecule has 0 aliphatic carbocycles. The minimum atomic E-state index is -1.12. The van der Waals surface area contributed by atoms with E-state index in [1.807, 2.05) is 57.2 Å². The lowest BCUT2D eigenvalue weighted by Crippen LogP contribution is -2.46. The number of carboxylic acids is 1. The van der Waals surface area contributed by atoms with Crippen molar-refractivity contribution in [2.24, 2.45) is 14.1 Å². The van der Waals surface area contributed by atoms with Crippen LogP contribution >= 0.6 is 0 Å². The number of nitrogens with one attached hydrogen (secondary N) is 4. The summed E-state index contributed by atoms with van der Waals surface area (Å²) >= 11 is 0. The Balaban J connectivity index is 0.000000206. The fourth-order valence-electron chi connectivity index (χ4n) is 8.36. The van der Waals surface area contributed by atoms with E-state index in [0.717, 1.165) is 11.1 Å². The van der Waals surface area contributed by atoms with Crippen molar-refractivity contribution in [1.82, 2.24) is 39.7 Å². The second kappa shape index (κ2) is 22.5. The molecule has 0 saturated heterocycles. The van der Waals surface area contributed by atoms with Gasteiger partial charge in [0.25, 0.3) is 22.9 Å². The largest absolute Gasteiger partial charge is 0.478 e. The number of aromatic carboxylic acids is 1. The van der Waals surface area contributed by atoms with Crippen LogP contribution in [0.1, 0.15) is 83.9 Å². The lowest BCUT2D eigenvalue weighted by Gasteiger charge is -2.36. The van der Waals surface area contributed by atoms with E-state index >= 15 is 4.39 Å². The van der Waals surface area contributed by atoms with Crippen LogP contribution in [-0.2, 0) is 19.5 Å². The number of hydrogen-bond acceptors (Lipinski definition) is 12. The summed E-state index contributed by atoms with van der Waals surface area (Å²) in [5.74, 6) is -1.78. The van der Waals surface area contributed by atoms with Crippen molar-refractivity contribution in [1.29, 1.82) is 0 Å². The van der Waals surface area contributed by atoms with Crippen molar-refractivity contribution >= 4 is 52.2 Å². The molecule has 9 rings (SSSR count). The van der Waals surface area contributed by atoms with Gasteiger partial charge >= 0.3 is 5.97 Å². The van der Waals surface area contributed by atoms with Gasteiger partial charge in [0.15, 0.2) is 23.3 Å². The van der Waals surface area contributed by atoms with Crippen LogP contribution in [0.15, 0.2) is 161 Å². The normalized spacial score (nSPS) is 11.3. The van der Waals surface area contributed by atoms with Crippen LogP contribution in [0.2, 0.25) is 0 Å². The Bertz CT molecular complexity index is 3790. The highest BCUT2D eigenvalue weighted by Crippen LogP contribution is 2.35. The van der Waals surface area contributed by atoms with Gasteiger partial charge in [0, 0.05) is 70.7 Å². The number of benzene rings is 6. The molecule has 0 aliphatic heterocycles. The molecule has 9 aromatic rings. The maximum Gasteiger partial charge on any atom is 0.337 e. The van der Waals surface area contributed by atoms with Crippen LogP contribution in [0.25, 0.3) is 33.9 Å². The fraction of sp³-hybridized carbons (Fsp3) is 0.186. The maximum atomic E-state index is 16.2. The molecule has 396 valence electrons. The third-order valence-corrected chi connectivity index (χ3v) is 12.6. The van der Waals surface area contributed by atoms with Crippen molar-refractivity contribution < 1.29 is 23.9 Å². The van der Waals surface area contributed by atoms with Crippen LogP contribution in [-0.4, -0.2) is 68.2 Å². The number of carbonyl (C=O) groups is 3. The van der Waals surface area contributed by atoms with Gasteiger partial charge in [-0.2, -0.15) is 0 Å². The predicted molar refractivity (Wildman–Crippen MR) is 300 cm³/mol. The smallest absolute Gasteiger partial charge is 0.337 e. The first-order chi connectivity index (χ1) is 37.1. The van der Waals surface area contributed by atoms with E-state index < -0.39 is 22.9 Å². The summed E-state index contributed by atoms with van der Waals surface area (Å²) in [7, 11) is 3.20. The third kappa shape index (κ3) is 12.1. The molecule has 0 unspecified atom stereocenters. The van der Waals surface area contributed by atoms with E-state index in [-0.39, 0.29) is 62.6 Å². The summed E-state index contributed by atoms with van der Waals surface area (Å²) in [6, 6.07) is 41.7. The first-order valence-electron chi connectivity index (χ1n) is 24.7. The predicted octanol–water partition coefficient (Wildman–Crippen LogP) is 10.7. The Kier molecular flexibility index (Phi) is 15.7. The molecule has 6 aromatic carbocycles. The van der Waals surface area contributed by atoms with Gasteiger partial charge in [-0.05, 0) is 134 Å². The SMILES string of the molecule is Cc1c(-c2cccc(NC(=O)c3ccc(C(C)(C)C)cc3)c2)nc(Nc2ccccc2C(=O)O)c(=O)n1C.Cn1cc(-c2cccc(N(C(=O)c3ccccc3)C(C)(C)C)c2F)nc(Nc2ccc(-c3nnn[nH]3)cc2)c1=O. The van der Waals surface area contributed by atoms with Gasteiger partial charge < -0.3 is 35.1 Å². The van der Waals surface area contributed by atoms with Gasteiger partial charge in [-0.15, -0.1) is 5.10 Å². The van der Waals surface area contributed by atoms with Gasteiger partial charge in [-0.1, -0.05) is 81.4 Å². The van der Waals surface area contributed by atoms with Gasteiger partial charge in [-0.25, -0.2) is 24.3 Å². The summed E-state index contributed by atoms with van der Waals surface area (Å²) in [5, 5.41) is 32.0. The second-order valence-electron chi connectivity index (χ2n) is 20.3. The standard InChI is InChI=1S/C30H30N4O4.C29H27FN8O2/c1-18-25(33-26(28(36)34(18)5)32-24-12-7-6-11-23(24)29(37)38)20-9-8-10-22(17-20)31-27(35)19-13-15-21(16-14-19)30(2,3)4;1-29(2,3)38(27(39)19-9-6-5-7-10-19)23-12-8-11-21(24(23)30)22-17-37(4)28(40)26(32-22)31-20-15-13-18(14-16-20)25-33-35-36-34-25/h6-17H,1-5H3,(H,31,35)(H,32,33)(H,37,38);5-17H,1-4H3,(H,31,32)(H,33,34,35,36). The van der Waals surface area contributed by atoms with E-state index in [4.69, 9.17) is 0 Å². The van der Waals surface area contributed by atoms with Crippen LogP contribution in [0, 0.1) is 12.7 Å². The molecule has 0 spiro atoms. The van der Waals surface area contributed by atoms with E-state index in [1.165, 1.54) is 26.3 Å². The molecule has 5 N–H and O–H groups in total. The number of aryl methyl sites for hydroxylation is 1. The van der Waals surface area contributed by atoms with Gasteiger partial charge in [0.2, 0.25) is 0 Å². The molecule has 78 heavy (non-hydrogen) atoms. The average molecular weight is 1050 g/mol. The Labute approximate surface area is 448 Å². The number of halogens is 1. The molecule has 0 aliphatic rings. The van der Waals surface area contributed by atoms with Crippen molar-refractivity contribution in [3.05, 3.63) is 206 Å². The Morgan fingerprint density at radius 2 is 1.36 bits per heavy atom. The van der Waals surface area contributed by atoms with Gasteiger partial charge in [0.1, 0.15) is 0 Å². The number of anilines is 6. The molecule has 19 heteroatoms. The molecule has 18 nitrogen and oxygen atoms in total. The summed E-state index contributed by atoms with van der Waals surface area (Å²) in [6.07, 6.45) is 1.47. The summed E-state index contributed by atoms with van der Waals surface area (Å²) in [4.78, 5) is 74.4. The van der Waals surface area contributed by atoms with Gasteiger partial charge in [-0.3, -0.25) is 19.2 Å². The number of amides is 2. The maximum absolute atomic E-state index is 16.2. The van der Waals surface area contributed by atoms with Gasteiger partial charge in [0.05, 0.1) is 28.3 Å². The summed E-state index contributed by atoms with van der Waals surface area (Å²) < 4.78 is 19.0. The van der Waals surface area contributed by atoms with Crippen LogP contribution in [0.3, 0.4) is 0 Å². The lowest BCUT2D eigenvalue weighted by molar-refractivity contribution is 0.0697. The number of nitrogens with zero attached hydrogens (tertiary/aromatic N) is 8. The molecular weight excluding hydrogens is 992 g/mol. The van der Waals surface area contributed by atoms with E-state index in [1.54, 1.807) is 124 Å². The number of aromatic amines is 1. The monoisotopic (exact) mass is 1050 g/mol. The molecule has 0 saturated carbocycles. The molecule has 2 amide bonds. The average Bonchev–Trinajstić information content (AvgIpc) is 4.01. The first kappa shape index (κ1) is 54.4. The molecule has 3 aromatic heterocycles. The third-order valence-electron chi connectivity index (χ3n) is 12.6. The lowest BCUT2D eigenvalue weighted by atomic mass is 9.87. The van der Waals surface area contributed by atoms with Crippen LogP contribution in [0.5, 0.6) is 0 Å². The van der Waals surface area contributed by atoms with Crippen molar-refractivity contribution in [2.45, 2.75) is 59.4 Å². The molecule has 0 radical (unpaired) electrons. The second-order valence-corrected chi connectivity index (χ2v) is 20.3. The minimum absolute atomic E-state index is 0.00447. The van der Waals surface area contributed by atoms with Crippen molar-refractivity contribution in [2.75, 3.05) is 20.9 Å². The Hall–Kier alpha value is -9.91. The highest BCUT2D eigenvalue weighted by atomic mass is 19.1. The number of aromatic nitrogens is 8. The zero-order chi connectivity index (χ0) is 56.1. The van der Waals surface area contributed by atoms with Crippen LogP contribution < -0.4 is 32.0 Å². The molecule has 0 atom stereocenters. The van der Waals surface area contributed by atoms with E-state index in [0.29, 0.717) is 45.3 Å². The van der Waals surface area contributed by atoms with Crippen molar-refractivity contribution in [3.63, 3.8) is 0 Å². The zero-order valence-electron chi connectivity index (χ0n) is 44.4. The summed E-state index contributed by atoms with van der Waals surface area (Å²) in [5.41, 5.74) is 5.16. The fourth-order valence-corrected chi connectivity index (χ4v) is 8.36. The molecular formula is C59H57FN12O6. The highest BCUT2D eigenvalue weighted by Gasteiger charge is 2.32. The highest BCUT2D eigenvalue weighted by molar-refractivity contribution is 6.07. The Morgan fingerprint density at radius 3 is 2.01 bits per heavy atom. The summed E-state index contributed by atoms with van der Waals surface area (Å²) in [6.45, 7) is 13.7. The number of H-pyrrole nitrogens is 1. The number of tetrazole rings is 1. The number of hydrogen-bond donors (Lipinski definition) is 5. The number of rotatable bonds is 12.